The second-order valence-electron chi connectivity index (χ2n) is 7.36. The Morgan fingerprint density at radius 2 is 1.96 bits per heavy atom. The Bertz CT molecular complexity index is 1090. The van der Waals surface area contributed by atoms with Gasteiger partial charge in [-0.3, -0.25) is 9.30 Å². The minimum absolute atomic E-state index is 0.482. The lowest BCUT2D eigenvalue weighted by atomic mass is 10.0. The van der Waals surface area contributed by atoms with Gasteiger partial charge in [-0.2, -0.15) is 4.98 Å². The maximum Gasteiger partial charge on any atom is 0.258 e. The summed E-state index contributed by atoms with van der Waals surface area (Å²) in [5.41, 5.74) is 2.56. The van der Waals surface area contributed by atoms with E-state index >= 15 is 0 Å². The first kappa shape index (κ1) is 17.1. The van der Waals surface area contributed by atoms with E-state index < -0.39 is 0 Å². The second kappa shape index (κ2) is 7.16. The van der Waals surface area contributed by atoms with Crippen molar-refractivity contribution in [1.29, 1.82) is 0 Å². The molecule has 0 spiro atoms. The third-order valence-electron chi connectivity index (χ3n) is 5.47. The van der Waals surface area contributed by atoms with Crippen molar-refractivity contribution in [2.75, 3.05) is 6.54 Å². The Labute approximate surface area is 163 Å². The van der Waals surface area contributed by atoms with Gasteiger partial charge in [0, 0.05) is 23.4 Å². The lowest BCUT2D eigenvalue weighted by molar-refractivity contribution is 0.148. The number of fused-ring (bicyclic) bond motifs is 1. The molecule has 142 valence electrons. The highest BCUT2D eigenvalue weighted by Gasteiger charge is 2.20. The van der Waals surface area contributed by atoms with Crippen molar-refractivity contribution in [2.24, 2.45) is 0 Å². The zero-order valence-corrected chi connectivity index (χ0v) is 15.8. The van der Waals surface area contributed by atoms with Crippen molar-refractivity contribution in [3.05, 3.63) is 54.5 Å². The van der Waals surface area contributed by atoms with Crippen molar-refractivity contribution in [2.45, 2.75) is 38.8 Å². The molecule has 0 N–H and O–H groups in total. The Balaban J connectivity index is 1.41. The molecular weight excluding hydrogens is 352 g/mol. The first-order chi connectivity index (χ1) is 13.8. The van der Waals surface area contributed by atoms with E-state index in [-0.39, 0.29) is 0 Å². The molecule has 1 aromatic carbocycles. The Kier molecular flexibility index (Phi) is 4.37. The first-order valence-corrected chi connectivity index (χ1v) is 9.75. The van der Waals surface area contributed by atoms with E-state index in [4.69, 9.17) is 4.52 Å². The van der Waals surface area contributed by atoms with Crippen molar-refractivity contribution >= 4 is 5.65 Å². The SMILES string of the molecule is C[C@H]1CCCCN1Cc1nnc2cc(-c3nc(-c4ccccc4)no3)ccn12. The van der Waals surface area contributed by atoms with Crippen LogP contribution in [0.1, 0.15) is 32.0 Å². The van der Waals surface area contributed by atoms with Gasteiger partial charge in [0.2, 0.25) is 5.82 Å². The molecule has 28 heavy (non-hydrogen) atoms. The number of pyridine rings is 1. The van der Waals surface area contributed by atoms with Crippen LogP contribution in [-0.2, 0) is 6.54 Å². The highest BCUT2D eigenvalue weighted by molar-refractivity contribution is 5.62. The molecule has 0 saturated carbocycles. The Morgan fingerprint density at radius 3 is 2.82 bits per heavy atom. The quantitative estimate of drug-likeness (QED) is 0.541. The van der Waals surface area contributed by atoms with Crippen LogP contribution in [0.4, 0.5) is 0 Å². The fraction of sp³-hybridized carbons (Fsp3) is 0.333. The normalized spacial score (nSPS) is 18.0. The van der Waals surface area contributed by atoms with E-state index in [0.29, 0.717) is 17.8 Å². The standard InChI is InChI=1S/C21H22N6O/c1-15-7-5-6-11-26(15)14-19-24-23-18-13-17(10-12-27(18)19)21-22-20(25-28-21)16-8-3-2-4-9-16/h2-4,8-10,12-13,15H,5-7,11,14H2,1H3/t15-/m0/s1. The van der Waals surface area contributed by atoms with Gasteiger partial charge in [0.1, 0.15) is 0 Å². The number of aromatic nitrogens is 5. The fourth-order valence-corrected chi connectivity index (χ4v) is 3.80. The molecule has 0 amide bonds. The van der Waals surface area contributed by atoms with Crippen LogP contribution in [-0.4, -0.2) is 42.2 Å². The number of rotatable bonds is 4. The summed E-state index contributed by atoms with van der Waals surface area (Å²) in [6.45, 7) is 4.24. The molecule has 0 bridgehead atoms. The van der Waals surface area contributed by atoms with Crippen molar-refractivity contribution in [3.63, 3.8) is 0 Å². The molecule has 0 unspecified atom stereocenters. The Hall–Kier alpha value is -3.06. The highest BCUT2D eigenvalue weighted by atomic mass is 16.5. The van der Waals surface area contributed by atoms with Crippen molar-refractivity contribution in [1.82, 2.24) is 29.6 Å². The first-order valence-electron chi connectivity index (χ1n) is 9.75. The predicted octanol–water partition coefficient (Wildman–Crippen LogP) is 3.82. The van der Waals surface area contributed by atoms with Crippen LogP contribution in [0.25, 0.3) is 28.5 Å². The van der Waals surface area contributed by atoms with Crippen LogP contribution in [0, 0.1) is 0 Å². The number of benzene rings is 1. The van der Waals surface area contributed by atoms with E-state index in [1.54, 1.807) is 0 Å². The lowest BCUT2D eigenvalue weighted by Gasteiger charge is -2.32. The number of likely N-dealkylation sites (tertiary alicyclic amines) is 1. The summed E-state index contributed by atoms with van der Waals surface area (Å²) < 4.78 is 7.51. The molecule has 7 heteroatoms. The maximum atomic E-state index is 5.47. The van der Waals surface area contributed by atoms with Gasteiger partial charge in [-0.25, -0.2) is 0 Å². The third kappa shape index (κ3) is 3.18. The summed E-state index contributed by atoms with van der Waals surface area (Å²) in [6.07, 6.45) is 5.81. The van der Waals surface area contributed by atoms with E-state index in [1.807, 2.05) is 53.1 Å². The molecule has 1 aliphatic rings. The largest absolute Gasteiger partial charge is 0.334 e. The molecule has 1 fully saturated rings. The average Bonchev–Trinajstić information content (AvgIpc) is 3.38. The summed E-state index contributed by atoms with van der Waals surface area (Å²) in [5, 5.41) is 12.9. The lowest BCUT2D eigenvalue weighted by Crippen LogP contribution is -2.37. The molecule has 0 radical (unpaired) electrons. The highest BCUT2D eigenvalue weighted by Crippen LogP contribution is 2.24. The van der Waals surface area contributed by atoms with Crippen LogP contribution < -0.4 is 0 Å². The van der Waals surface area contributed by atoms with E-state index in [1.165, 1.54) is 19.3 Å². The topological polar surface area (TPSA) is 72.3 Å². The predicted molar refractivity (Wildman–Crippen MR) is 105 cm³/mol. The number of piperidine rings is 1. The summed E-state index contributed by atoms with van der Waals surface area (Å²) in [5.74, 6) is 2.03. The van der Waals surface area contributed by atoms with Gasteiger partial charge in [-0.1, -0.05) is 41.9 Å². The van der Waals surface area contributed by atoms with Gasteiger partial charge < -0.3 is 4.52 Å². The summed E-state index contributed by atoms with van der Waals surface area (Å²) in [7, 11) is 0. The monoisotopic (exact) mass is 374 g/mol. The molecular formula is C21H22N6O. The smallest absolute Gasteiger partial charge is 0.258 e. The molecule has 3 aromatic heterocycles. The van der Waals surface area contributed by atoms with E-state index in [2.05, 4.69) is 32.2 Å². The minimum atomic E-state index is 0.482. The number of hydrogen-bond acceptors (Lipinski definition) is 6. The second-order valence-corrected chi connectivity index (χ2v) is 7.36. The van der Waals surface area contributed by atoms with Crippen LogP contribution in [0.3, 0.4) is 0 Å². The molecule has 1 atom stereocenters. The molecule has 7 nitrogen and oxygen atoms in total. The maximum absolute atomic E-state index is 5.47. The van der Waals surface area contributed by atoms with Gasteiger partial charge >= 0.3 is 0 Å². The van der Waals surface area contributed by atoms with Crippen LogP contribution >= 0.6 is 0 Å². The molecule has 4 aromatic rings. The van der Waals surface area contributed by atoms with Gasteiger partial charge in [0.15, 0.2) is 11.5 Å². The molecule has 4 heterocycles. The third-order valence-corrected chi connectivity index (χ3v) is 5.47. The van der Waals surface area contributed by atoms with E-state index in [9.17, 15) is 0 Å². The number of nitrogens with zero attached hydrogens (tertiary/aromatic N) is 6. The van der Waals surface area contributed by atoms with Gasteiger partial charge in [-0.15, -0.1) is 10.2 Å². The zero-order chi connectivity index (χ0) is 18.9. The van der Waals surface area contributed by atoms with Crippen LogP contribution in [0.5, 0.6) is 0 Å². The zero-order valence-electron chi connectivity index (χ0n) is 15.8. The summed E-state index contributed by atoms with van der Waals surface area (Å²) >= 11 is 0. The molecule has 0 aliphatic carbocycles. The molecule has 5 rings (SSSR count). The van der Waals surface area contributed by atoms with Gasteiger partial charge in [0.05, 0.1) is 6.54 Å². The Morgan fingerprint density at radius 1 is 1.07 bits per heavy atom. The van der Waals surface area contributed by atoms with E-state index in [0.717, 1.165) is 35.7 Å². The van der Waals surface area contributed by atoms with Crippen LogP contribution in [0.2, 0.25) is 0 Å². The van der Waals surface area contributed by atoms with Crippen LogP contribution in [0.15, 0.2) is 53.2 Å². The van der Waals surface area contributed by atoms with Crippen molar-refractivity contribution < 1.29 is 4.52 Å². The minimum Gasteiger partial charge on any atom is -0.334 e. The fourth-order valence-electron chi connectivity index (χ4n) is 3.80. The number of hydrogen-bond donors (Lipinski definition) is 0. The summed E-state index contributed by atoms with van der Waals surface area (Å²) in [4.78, 5) is 7.01. The summed E-state index contributed by atoms with van der Waals surface area (Å²) in [6, 6.07) is 14.3. The molecule has 1 saturated heterocycles. The average molecular weight is 374 g/mol. The van der Waals surface area contributed by atoms with Gasteiger partial charge in [-0.05, 0) is 38.4 Å². The van der Waals surface area contributed by atoms with Gasteiger partial charge in [0.25, 0.3) is 5.89 Å². The molecule has 1 aliphatic heterocycles. The van der Waals surface area contributed by atoms with Crippen molar-refractivity contribution in [3.8, 4) is 22.8 Å².